The molecule has 0 radical (unpaired) electrons. The average molecular weight is 551 g/mol. The Morgan fingerprint density at radius 2 is 1.68 bits per heavy atom. The molecule has 3 rings (SSSR count). The van der Waals surface area contributed by atoms with Gasteiger partial charge in [0.25, 0.3) is 5.91 Å². The molecule has 4 amide bonds. The molecule has 182 valence electrons. The normalized spacial score (nSPS) is 13.9. The predicted molar refractivity (Wildman–Crippen MR) is 133 cm³/mol. The third kappa shape index (κ3) is 6.35. The van der Waals surface area contributed by atoms with Crippen LogP contribution >= 0.6 is 27.3 Å². The van der Waals surface area contributed by atoms with Crippen molar-refractivity contribution in [3.05, 3.63) is 45.2 Å². The molecule has 1 fully saturated rings. The van der Waals surface area contributed by atoms with Crippen LogP contribution in [0.3, 0.4) is 0 Å². The van der Waals surface area contributed by atoms with Crippen LogP contribution in [0.15, 0.2) is 34.1 Å². The quantitative estimate of drug-likeness (QED) is 0.590. The van der Waals surface area contributed by atoms with E-state index in [9.17, 15) is 19.2 Å². The highest BCUT2D eigenvalue weighted by Gasteiger charge is 2.31. The Balaban J connectivity index is 1.59. The van der Waals surface area contributed by atoms with Crippen LogP contribution in [-0.4, -0.2) is 65.3 Å². The molecule has 2 aromatic rings. The summed E-state index contributed by atoms with van der Waals surface area (Å²) in [5.41, 5.74) is 0.512. The molecule has 0 atom stereocenters. The van der Waals surface area contributed by atoms with Gasteiger partial charge < -0.3 is 25.2 Å². The second-order valence-electron chi connectivity index (χ2n) is 8.48. The summed E-state index contributed by atoms with van der Waals surface area (Å²) in [6.07, 6.45) is -0.739. The number of ether oxygens (including phenoxy) is 1. The van der Waals surface area contributed by atoms with E-state index in [-0.39, 0.29) is 11.8 Å². The van der Waals surface area contributed by atoms with Crippen molar-refractivity contribution in [3.8, 4) is 5.06 Å². The van der Waals surface area contributed by atoms with Gasteiger partial charge in [-0.15, -0.1) is 0 Å². The summed E-state index contributed by atoms with van der Waals surface area (Å²) in [6, 6.07) is 8.45. The monoisotopic (exact) mass is 550 g/mol. The molecule has 1 aromatic heterocycles. The van der Waals surface area contributed by atoms with Gasteiger partial charge in [0.05, 0.1) is 3.79 Å². The number of carbonyl (C=O) groups is 4. The van der Waals surface area contributed by atoms with E-state index in [1.165, 1.54) is 18.3 Å². The average Bonchev–Trinajstić information content (AvgIpc) is 3.17. The van der Waals surface area contributed by atoms with Gasteiger partial charge in [-0.05, 0) is 72.6 Å². The Morgan fingerprint density at radius 1 is 1.03 bits per heavy atom. The number of rotatable bonds is 5. The van der Waals surface area contributed by atoms with Gasteiger partial charge in [0.15, 0.2) is 5.06 Å². The SMILES string of the molecule is CC(=O)N1CCN(C(=O)c2ccc(NC(=O)C(C)(C)NC(=O)Oc3ccc(Br)s3)cc2C)CC1. The van der Waals surface area contributed by atoms with E-state index >= 15 is 0 Å². The van der Waals surface area contributed by atoms with Crippen LogP contribution in [0.2, 0.25) is 0 Å². The molecule has 2 heterocycles. The first-order valence-electron chi connectivity index (χ1n) is 10.7. The number of thiophene rings is 1. The number of halogens is 1. The molecule has 1 aromatic carbocycles. The third-order valence-corrected chi connectivity index (χ3v) is 6.95. The van der Waals surface area contributed by atoms with Crippen LogP contribution in [0.1, 0.15) is 36.7 Å². The Morgan fingerprint density at radius 3 is 2.24 bits per heavy atom. The van der Waals surface area contributed by atoms with Crippen molar-refractivity contribution in [2.45, 2.75) is 33.2 Å². The molecule has 11 heteroatoms. The van der Waals surface area contributed by atoms with E-state index in [1.807, 2.05) is 0 Å². The smallest absolute Gasteiger partial charge is 0.399 e. The summed E-state index contributed by atoms with van der Waals surface area (Å²) in [6.45, 7) is 8.46. The first kappa shape index (κ1) is 25.7. The number of hydrogen-bond acceptors (Lipinski definition) is 6. The van der Waals surface area contributed by atoms with Gasteiger partial charge >= 0.3 is 6.09 Å². The van der Waals surface area contributed by atoms with E-state index in [1.54, 1.807) is 60.9 Å². The summed E-state index contributed by atoms with van der Waals surface area (Å²) in [5.74, 6) is -0.534. The summed E-state index contributed by atoms with van der Waals surface area (Å²) < 4.78 is 6.03. The van der Waals surface area contributed by atoms with Crippen molar-refractivity contribution in [1.29, 1.82) is 0 Å². The van der Waals surface area contributed by atoms with Gasteiger partial charge in [-0.2, -0.15) is 0 Å². The first-order valence-corrected chi connectivity index (χ1v) is 12.3. The third-order valence-electron chi connectivity index (χ3n) is 5.45. The lowest BCUT2D eigenvalue weighted by Gasteiger charge is -2.34. The summed E-state index contributed by atoms with van der Waals surface area (Å²) in [5, 5.41) is 5.74. The van der Waals surface area contributed by atoms with Crippen molar-refractivity contribution >= 4 is 56.8 Å². The van der Waals surface area contributed by atoms with Crippen molar-refractivity contribution < 1.29 is 23.9 Å². The number of aryl methyl sites for hydroxylation is 1. The van der Waals surface area contributed by atoms with Crippen molar-refractivity contribution in [2.75, 3.05) is 31.5 Å². The molecule has 1 aliphatic rings. The zero-order valence-electron chi connectivity index (χ0n) is 19.4. The number of nitrogens with zero attached hydrogens (tertiary/aromatic N) is 2. The van der Waals surface area contributed by atoms with Crippen LogP contribution in [0.25, 0.3) is 0 Å². The van der Waals surface area contributed by atoms with Gasteiger partial charge in [0.1, 0.15) is 5.54 Å². The fourth-order valence-electron chi connectivity index (χ4n) is 3.44. The number of benzene rings is 1. The fraction of sp³-hybridized carbons (Fsp3) is 0.391. The Kier molecular flexibility index (Phi) is 7.98. The lowest BCUT2D eigenvalue weighted by atomic mass is 10.0. The number of anilines is 1. The molecule has 0 aliphatic carbocycles. The number of piperazine rings is 1. The summed E-state index contributed by atoms with van der Waals surface area (Å²) in [7, 11) is 0. The maximum absolute atomic E-state index is 12.9. The van der Waals surface area contributed by atoms with Crippen LogP contribution in [0, 0.1) is 6.92 Å². The summed E-state index contributed by atoms with van der Waals surface area (Å²) >= 11 is 4.55. The van der Waals surface area contributed by atoms with Gasteiger partial charge in [0.2, 0.25) is 11.8 Å². The largest absolute Gasteiger partial charge is 0.414 e. The molecular weight excluding hydrogens is 524 g/mol. The first-order chi connectivity index (χ1) is 16.0. The van der Waals surface area contributed by atoms with Crippen molar-refractivity contribution in [3.63, 3.8) is 0 Å². The standard InChI is InChI=1S/C23H27BrN4O5S/c1-14-13-16(5-6-17(14)20(30)28-11-9-27(10-12-28)15(2)29)25-21(31)23(3,4)26-22(32)33-19-8-7-18(24)34-19/h5-8,13H,9-12H2,1-4H3,(H,25,31)(H,26,32). The van der Waals surface area contributed by atoms with E-state index in [0.29, 0.717) is 48.1 Å². The number of amides is 4. The van der Waals surface area contributed by atoms with Gasteiger partial charge in [-0.25, -0.2) is 4.79 Å². The maximum Gasteiger partial charge on any atom is 0.414 e. The zero-order chi connectivity index (χ0) is 25.0. The highest BCUT2D eigenvalue weighted by Crippen LogP contribution is 2.28. The molecule has 2 N–H and O–H groups in total. The van der Waals surface area contributed by atoms with Crippen molar-refractivity contribution in [1.82, 2.24) is 15.1 Å². The van der Waals surface area contributed by atoms with Gasteiger partial charge in [0, 0.05) is 44.4 Å². The van der Waals surface area contributed by atoms with Gasteiger partial charge in [-0.1, -0.05) is 11.3 Å². The molecule has 1 saturated heterocycles. The molecule has 0 unspecified atom stereocenters. The molecule has 9 nitrogen and oxygen atoms in total. The summed E-state index contributed by atoms with van der Waals surface area (Å²) in [4.78, 5) is 52.9. The molecule has 0 bridgehead atoms. The van der Waals surface area contributed by atoms with E-state index < -0.39 is 17.5 Å². The number of hydrogen-bond donors (Lipinski definition) is 2. The molecule has 0 saturated carbocycles. The Labute approximate surface area is 210 Å². The lowest BCUT2D eigenvalue weighted by molar-refractivity contribution is -0.130. The molecular formula is C23H27BrN4O5S. The predicted octanol–water partition coefficient (Wildman–Crippen LogP) is 3.63. The van der Waals surface area contributed by atoms with E-state index in [4.69, 9.17) is 4.74 Å². The maximum atomic E-state index is 12.9. The van der Waals surface area contributed by atoms with Crippen molar-refractivity contribution in [2.24, 2.45) is 0 Å². The number of carbonyl (C=O) groups excluding carboxylic acids is 4. The number of nitrogens with one attached hydrogen (secondary N) is 2. The van der Waals surface area contributed by atoms with Gasteiger partial charge in [-0.3, -0.25) is 14.4 Å². The molecule has 0 spiro atoms. The Hall–Kier alpha value is -2.92. The molecule has 34 heavy (non-hydrogen) atoms. The van der Waals surface area contributed by atoms with E-state index in [2.05, 4.69) is 26.6 Å². The second kappa shape index (κ2) is 10.6. The second-order valence-corrected chi connectivity index (χ2v) is 10.9. The lowest BCUT2D eigenvalue weighted by Crippen LogP contribution is -2.53. The zero-order valence-corrected chi connectivity index (χ0v) is 21.8. The minimum absolute atomic E-state index is 0.00800. The van der Waals surface area contributed by atoms with Crippen LogP contribution in [0.4, 0.5) is 10.5 Å². The van der Waals surface area contributed by atoms with E-state index in [0.717, 1.165) is 3.79 Å². The fourth-order valence-corrected chi connectivity index (χ4v) is 4.64. The minimum Gasteiger partial charge on any atom is -0.399 e. The highest BCUT2D eigenvalue weighted by atomic mass is 79.9. The Bertz CT molecular complexity index is 1110. The minimum atomic E-state index is -1.25. The van der Waals surface area contributed by atoms with Crippen LogP contribution in [0.5, 0.6) is 5.06 Å². The highest BCUT2D eigenvalue weighted by molar-refractivity contribution is 9.11. The molecule has 1 aliphatic heterocycles. The van der Waals surface area contributed by atoms with Crippen LogP contribution < -0.4 is 15.4 Å². The topological polar surface area (TPSA) is 108 Å². The van der Waals surface area contributed by atoms with Crippen LogP contribution in [-0.2, 0) is 9.59 Å².